The molecule has 1 amide bonds. The highest BCUT2D eigenvalue weighted by Crippen LogP contribution is 2.39. The van der Waals surface area contributed by atoms with E-state index < -0.39 is 28.3 Å². The quantitative estimate of drug-likeness (QED) is 0.0428. The Kier molecular flexibility index (Phi) is 21.1. The van der Waals surface area contributed by atoms with Crippen LogP contribution in [-0.2, 0) is 43.9 Å². The number of nitrogens with zero attached hydrogens (tertiary/aromatic N) is 1. The molecule has 0 spiro atoms. The first-order valence-electron chi connectivity index (χ1n) is 25.0. The zero-order chi connectivity index (χ0) is 47.3. The lowest BCUT2D eigenvalue weighted by Gasteiger charge is -2.38. The van der Waals surface area contributed by atoms with E-state index in [1.54, 1.807) is 24.3 Å². The molecule has 0 bridgehead atoms. The molecule has 1 aliphatic heterocycles. The van der Waals surface area contributed by atoms with Gasteiger partial charge in [0.25, 0.3) is 0 Å². The monoisotopic (exact) mass is 930 g/mol. The van der Waals surface area contributed by atoms with Crippen molar-refractivity contribution in [2.24, 2.45) is 0 Å². The maximum absolute atomic E-state index is 13.8. The standard InChI is InChI=1S/C57H75N3O6S/c1-4-6-8-10-12-17-36-60(37-18-13-11-9-7-5-2)42-52-40-55(49-28-26-46(43-61)27-29-49)66-57(65-52)50-32-30-48(31-33-50)51-23-19-22-47(38-51)41-58-56(62)54(39-45-20-15-14-16-21-45)59-67(63,64)53-34-24-44(3)25-35-53/h14-16,19-35,38,52,54-55,57,59,61H,4-13,17-18,36-37,39-43H2,1-3H3,(H,58,62)/t52-,54+,55+,57+/m0/s1. The minimum absolute atomic E-state index is 0.00398. The number of hydrogen-bond acceptors (Lipinski definition) is 7. The van der Waals surface area contributed by atoms with Crippen molar-refractivity contribution in [2.75, 3.05) is 19.6 Å². The molecule has 0 radical (unpaired) electrons. The molecule has 1 heterocycles. The van der Waals surface area contributed by atoms with Gasteiger partial charge in [0.1, 0.15) is 6.04 Å². The molecule has 1 fully saturated rings. The fourth-order valence-corrected chi connectivity index (χ4v) is 10.1. The average molecular weight is 930 g/mol. The molecule has 1 saturated heterocycles. The van der Waals surface area contributed by atoms with Gasteiger partial charge in [0.05, 0.1) is 23.7 Å². The smallest absolute Gasteiger partial charge is 0.241 e. The zero-order valence-electron chi connectivity index (χ0n) is 40.2. The van der Waals surface area contributed by atoms with Gasteiger partial charge in [-0.2, -0.15) is 4.72 Å². The second kappa shape index (κ2) is 27.3. The van der Waals surface area contributed by atoms with Crippen LogP contribution in [0.1, 0.15) is 143 Å². The predicted octanol–water partition coefficient (Wildman–Crippen LogP) is 11.9. The first-order valence-corrected chi connectivity index (χ1v) is 26.4. The highest BCUT2D eigenvalue weighted by atomic mass is 32.2. The molecule has 5 aromatic rings. The van der Waals surface area contributed by atoms with Gasteiger partial charge in [-0.15, -0.1) is 0 Å². The largest absolute Gasteiger partial charge is 0.392 e. The van der Waals surface area contributed by atoms with Gasteiger partial charge < -0.3 is 24.8 Å². The number of ether oxygens (including phenoxy) is 2. The number of hydrogen-bond donors (Lipinski definition) is 3. The van der Waals surface area contributed by atoms with Crippen LogP contribution in [0.3, 0.4) is 0 Å². The Balaban J connectivity index is 1.13. The van der Waals surface area contributed by atoms with E-state index in [1.807, 2.05) is 67.6 Å². The van der Waals surface area contributed by atoms with Crippen LogP contribution in [0.4, 0.5) is 0 Å². The van der Waals surface area contributed by atoms with Gasteiger partial charge >= 0.3 is 0 Å². The maximum Gasteiger partial charge on any atom is 0.241 e. The Labute approximate surface area is 401 Å². The molecule has 9 nitrogen and oxygen atoms in total. The number of nitrogens with one attached hydrogen (secondary N) is 2. The fraction of sp³-hybridized carbons (Fsp3) is 0.456. The fourth-order valence-electron chi connectivity index (χ4n) is 8.86. The molecule has 0 aromatic heterocycles. The molecule has 67 heavy (non-hydrogen) atoms. The van der Waals surface area contributed by atoms with Crippen LogP contribution >= 0.6 is 0 Å². The van der Waals surface area contributed by atoms with Crippen molar-refractivity contribution < 1.29 is 27.8 Å². The van der Waals surface area contributed by atoms with Crippen LogP contribution in [-0.4, -0.2) is 56.1 Å². The van der Waals surface area contributed by atoms with Gasteiger partial charge in [-0.25, -0.2) is 8.42 Å². The van der Waals surface area contributed by atoms with Crippen molar-refractivity contribution in [1.82, 2.24) is 14.9 Å². The third-order valence-corrected chi connectivity index (χ3v) is 14.4. The van der Waals surface area contributed by atoms with E-state index in [0.717, 1.165) is 70.6 Å². The highest BCUT2D eigenvalue weighted by molar-refractivity contribution is 7.89. The lowest BCUT2D eigenvalue weighted by atomic mass is 9.98. The Morgan fingerprint density at radius 1 is 0.672 bits per heavy atom. The Bertz CT molecular complexity index is 2290. The topological polar surface area (TPSA) is 117 Å². The molecule has 4 atom stereocenters. The van der Waals surface area contributed by atoms with Gasteiger partial charge in [-0.1, -0.05) is 193 Å². The number of sulfonamides is 1. The van der Waals surface area contributed by atoms with Gasteiger partial charge in [-0.05, 0) is 90.9 Å². The number of rotatable bonds is 28. The van der Waals surface area contributed by atoms with Gasteiger partial charge in [0.15, 0.2) is 6.29 Å². The number of aliphatic hydroxyl groups is 1. The lowest BCUT2D eigenvalue weighted by molar-refractivity contribution is -0.253. The third kappa shape index (κ3) is 16.8. The summed E-state index contributed by atoms with van der Waals surface area (Å²) in [4.78, 5) is 16.5. The number of aryl methyl sites for hydroxylation is 1. The van der Waals surface area contributed by atoms with Gasteiger partial charge in [0, 0.05) is 25.1 Å². The molecular weight excluding hydrogens is 855 g/mol. The van der Waals surface area contributed by atoms with E-state index in [-0.39, 0.29) is 36.7 Å². The molecule has 0 saturated carbocycles. The van der Waals surface area contributed by atoms with Crippen LogP contribution in [0, 0.1) is 6.92 Å². The van der Waals surface area contributed by atoms with E-state index in [1.165, 1.54) is 77.0 Å². The molecule has 5 aromatic carbocycles. The van der Waals surface area contributed by atoms with Gasteiger partial charge in [0.2, 0.25) is 15.9 Å². The SMILES string of the molecule is CCCCCCCCN(CCCCCCCC)C[C@@H]1C[C@H](c2ccc(CO)cc2)O[C@H](c2ccc(-c3cccc(CNC(=O)[C@@H](Cc4ccccc4)NS(=O)(=O)c4ccc(C)cc4)c3)cc2)O1. The van der Waals surface area contributed by atoms with E-state index in [0.29, 0.717) is 0 Å². The summed E-state index contributed by atoms with van der Waals surface area (Å²) in [6, 6.07) is 39.5. The van der Waals surface area contributed by atoms with Crippen LogP contribution in [0.25, 0.3) is 11.1 Å². The van der Waals surface area contributed by atoms with Crippen LogP contribution < -0.4 is 10.0 Å². The molecule has 0 aliphatic carbocycles. The van der Waals surface area contributed by atoms with E-state index >= 15 is 0 Å². The van der Waals surface area contributed by atoms with E-state index in [9.17, 15) is 18.3 Å². The normalized spacial score (nSPS) is 16.8. The Hall–Kier alpha value is -4.68. The van der Waals surface area contributed by atoms with Gasteiger partial charge in [-0.3, -0.25) is 4.79 Å². The van der Waals surface area contributed by atoms with Crippen LogP contribution in [0.5, 0.6) is 0 Å². The van der Waals surface area contributed by atoms with Crippen molar-refractivity contribution in [3.8, 4) is 11.1 Å². The number of carbonyl (C=O) groups is 1. The second-order valence-corrected chi connectivity index (χ2v) is 20.1. The molecule has 10 heteroatoms. The van der Waals surface area contributed by atoms with Crippen molar-refractivity contribution in [1.29, 1.82) is 0 Å². The number of amides is 1. The number of carbonyl (C=O) groups excluding carboxylic acids is 1. The summed E-state index contributed by atoms with van der Waals surface area (Å²) >= 11 is 0. The highest BCUT2D eigenvalue weighted by Gasteiger charge is 2.33. The van der Waals surface area contributed by atoms with Crippen LogP contribution in [0.15, 0.2) is 132 Å². The zero-order valence-corrected chi connectivity index (χ0v) is 41.0. The minimum atomic E-state index is -3.96. The summed E-state index contributed by atoms with van der Waals surface area (Å²) in [5.74, 6) is -0.407. The van der Waals surface area contributed by atoms with Crippen molar-refractivity contribution in [3.05, 3.63) is 161 Å². The number of aliphatic hydroxyl groups excluding tert-OH is 1. The molecule has 0 unspecified atom stereocenters. The molecular formula is C57H75N3O6S. The molecule has 3 N–H and O–H groups in total. The van der Waals surface area contributed by atoms with Crippen molar-refractivity contribution >= 4 is 15.9 Å². The Morgan fingerprint density at radius 3 is 1.93 bits per heavy atom. The average Bonchev–Trinajstić information content (AvgIpc) is 3.35. The van der Waals surface area contributed by atoms with Crippen molar-refractivity contribution in [2.45, 2.75) is 153 Å². The summed E-state index contributed by atoms with van der Waals surface area (Å²) in [5, 5.41) is 12.7. The lowest BCUT2D eigenvalue weighted by Crippen LogP contribution is -2.47. The minimum Gasteiger partial charge on any atom is -0.392 e. The summed E-state index contributed by atoms with van der Waals surface area (Å²) in [7, 11) is -3.96. The molecule has 1 aliphatic rings. The first kappa shape index (κ1) is 51.7. The number of benzene rings is 5. The summed E-state index contributed by atoms with van der Waals surface area (Å²) in [5.41, 5.74) is 7.60. The van der Waals surface area contributed by atoms with Crippen LogP contribution in [0.2, 0.25) is 0 Å². The predicted molar refractivity (Wildman–Crippen MR) is 271 cm³/mol. The second-order valence-electron chi connectivity index (χ2n) is 18.4. The number of unbranched alkanes of at least 4 members (excludes halogenated alkanes) is 10. The molecule has 360 valence electrons. The first-order chi connectivity index (χ1) is 32.6. The third-order valence-electron chi connectivity index (χ3n) is 12.9. The van der Waals surface area contributed by atoms with E-state index in [4.69, 9.17) is 9.47 Å². The summed E-state index contributed by atoms with van der Waals surface area (Å²) < 4.78 is 43.2. The summed E-state index contributed by atoms with van der Waals surface area (Å²) in [6.45, 7) is 9.70. The Morgan fingerprint density at radius 2 is 1.28 bits per heavy atom. The van der Waals surface area contributed by atoms with E-state index in [2.05, 4.69) is 71.3 Å². The van der Waals surface area contributed by atoms with Crippen molar-refractivity contribution in [3.63, 3.8) is 0 Å². The molecule has 6 rings (SSSR count). The summed E-state index contributed by atoms with van der Waals surface area (Å²) in [6.07, 6.45) is 15.6. The maximum atomic E-state index is 13.8.